The minimum absolute atomic E-state index is 0. The summed E-state index contributed by atoms with van der Waals surface area (Å²) in [5, 5.41) is 38.1. The van der Waals surface area contributed by atoms with Gasteiger partial charge in [0.1, 0.15) is 11.5 Å². The summed E-state index contributed by atoms with van der Waals surface area (Å²) in [5.41, 5.74) is 4.09. The Morgan fingerprint density at radius 3 is 1.48 bits per heavy atom. The maximum Gasteiger partial charge on any atom is 2.00 e. The summed E-state index contributed by atoms with van der Waals surface area (Å²) in [6.07, 6.45) is 13.2. The Hall–Kier alpha value is -3.17. The predicted octanol–water partition coefficient (Wildman–Crippen LogP) is 3.75. The molecule has 1 saturated carbocycles. The van der Waals surface area contributed by atoms with E-state index in [0.29, 0.717) is 0 Å². The molecule has 0 heterocycles. The van der Waals surface area contributed by atoms with Crippen LogP contribution in [-0.2, 0) is 39.2 Å². The van der Waals surface area contributed by atoms with E-state index in [1.54, 1.807) is 12.1 Å². The molecule has 1 aliphatic carbocycles. The van der Waals surface area contributed by atoms with Crippen LogP contribution in [0.25, 0.3) is 0 Å². The van der Waals surface area contributed by atoms with E-state index < -0.39 is 11.9 Å². The standard InChI is InChI=1S/C27H36N2O2.2C2H4O2.Co/c1-3-5-7-20-9-13-26(30)22(15-20)18-28-24-11-12-25(17-24)29-19-23-16-21(8-6-4-2)10-14-27(23)31;2*1-2(3)4;/h9-10,13-16,18-19,24-25,30-31H,3-8,11-12,17H2,1-2H3;2*1H3,(H,3,4);/q;;;+2/p-2. The summed E-state index contributed by atoms with van der Waals surface area (Å²) in [7, 11) is 0. The van der Waals surface area contributed by atoms with Gasteiger partial charge in [0.15, 0.2) is 0 Å². The van der Waals surface area contributed by atoms with Crippen molar-refractivity contribution >= 4 is 24.4 Å². The second-order valence-electron chi connectivity index (χ2n) is 9.65. The van der Waals surface area contributed by atoms with Gasteiger partial charge in [-0.1, -0.05) is 38.8 Å². The first-order valence-electron chi connectivity index (χ1n) is 13.6. The van der Waals surface area contributed by atoms with Crippen LogP contribution < -0.4 is 10.2 Å². The molecule has 1 radical (unpaired) electrons. The number of aryl methyl sites for hydroxylation is 2. The number of phenols is 2. The molecule has 0 amide bonds. The Balaban J connectivity index is 0.00000149. The average Bonchev–Trinajstić information content (AvgIpc) is 3.33. The summed E-state index contributed by atoms with van der Waals surface area (Å²) in [6, 6.07) is 12.1. The summed E-state index contributed by atoms with van der Waals surface area (Å²) in [4.78, 5) is 27.3. The second kappa shape index (κ2) is 20.7. The molecule has 0 spiro atoms. The number of carboxylic acids is 2. The molecule has 2 atom stereocenters. The summed E-state index contributed by atoms with van der Waals surface area (Å²) >= 11 is 0. The summed E-state index contributed by atoms with van der Waals surface area (Å²) < 4.78 is 0. The third-order valence-electron chi connectivity index (χ3n) is 6.05. The van der Waals surface area contributed by atoms with Gasteiger partial charge >= 0.3 is 16.8 Å². The Labute approximate surface area is 248 Å². The minimum Gasteiger partial charge on any atom is -0.550 e. The molecule has 0 bridgehead atoms. The molecule has 2 aromatic rings. The normalized spacial score (nSPS) is 16.0. The van der Waals surface area contributed by atoms with Crippen LogP contribution in [0.4, 0.5) is 0 Å². The quantitative estimate of drug-likeness (QED) is 0.399. The van der Waals surface area contributed by atoms with Crippen LogP contribution in [0.5, 0.6) is 11.5 Å². The van der Waals surface area contributed by atoms with Crippen molar-refractivity contribution in [3.8, 4) is 11.5 Å². The molecule has 2 unspecified atom stereocenters. The number of benzene rings is 2. The molecule has 1 aliphatic rings. The van der Waals surface area contributed by atoms with Crippen molar-refractivity contribution in [2.75, 3.05) is 0 Å². The van der Waals surface area contributed by atoms with Crippen LogP contribution in [0.2, 0.25) is 0 Å². The van der Waals surface area contributed by atoms with Gasteiger partial charge in [0, 0.05) is 35.5 Å². The Morgan fingerprint density at radius 2 is 1.15 bits per heavy atom. The second-order valence-corrected chi connectivity index (χ2v) is 9.65. The number of unbranched alkanes of at least 4 members (excludes halogenated alkanes) is 2. The number of aliphatic imine (C=N–C) groups is 2. The zero-order valence-corrected chi connectivity index (χ0v) is 24.9. The molecule has 2 aromatic carbocycles. The smallest absolute Gasteiger partial charge is 0.550 e. The molecule has 40 heavy (non-hydrogen) atoms. The summed E-state index contributed by atoms with van der Waals surface area (Å²) in [5.74, 6) is -1.59. The van der Waals surface area contributed by atoms with E-state index in [0.717, 1.165) is 82.8 Å². The van der Waals surface area contributed by atoms with Crippen molar-refractivity contribution in [1.82, 2.24) is 0 Å². The molecule has 8 nitrogen and oxygen atoms in total. The van der Waals surface area contributed by atoms with E-state index in [9.17, 15) is 10.2 Å². The van der Waals surface area contributed by atoms with Gasteiger partial charge in [-0.3, -0.25) is 9.98 Å². The van der Waals surface area contributed by atoms with Gasteiger partial charge < -0.3 is 30.0 Å². The number of rotatable bonds is 10. The van der Waals surface area contributed by atoms with E-state index in [4.69, 9.17) is 29.8 Å². The molecule has 221 valence electrons. The van der Waals surface area contributed by atoms with E-state index >= 15 is 0 Å². The molecule has 1 fully saturated rings. The first-order valence-corrected chi connectivity index (χ1v) is 13.6. The molecule has 3 rings (SSSR count). The molecule has 0 saturated heterocycles. The van der Waals surface area contributed by atoms with Crippen molar-refractivity contribution in [1.29, 1.82) is 0 Å². The van der Waals surface area contributed by atoms with Gasteiger partial charge in [-0.05, 0) is 94.2 Å². The van der Waals surface area contributed by atoms with Crippen LogP contribution >= 0.6 is 0 Å². The van der Waals surface area contributed by atoms with Gasteiger partial charge in [-0.15, -0.1) is 0 Å². The number of aromatic hydroxyl groups is 2. The Morgan fingerprint density at radius 1 is 0.800 bits per heavy atom. The van der Waals surface area contributed by atoms with E-state index in [-0.39, 0.29) is 40.4 Å². The zero-order chi connectivity index (χ0) is 29.2. The predicted molar refractivity (Wildman–Crippen MR) is 151 cm³/mol. The van der Waals surface area contributed by atoms with Crippen molar-refractivity contribution in [2.45, 2.75) is 97.6 Å². The van der Waals surface area contributed by atoms with Gasteiger partial charge in [0.05, 0.1) is 12.1 Å². The molecule has 0 aliphatic heterocycles. The number of hydrogen-bond acceptors (Lipinski definition) is 8. The average molecular weight is 598 g/mol. The topological polar surface area (TPSA) is 145 Å². The first kappa shape index (κ1) is 36.8. The minimum atomic E-state index is -1.08. The van der Waals surface area contributed by atoms with Crippen LogP contribution in [0.1, 0.15) is 94.9 Å². The molecule has 9 heteroatoms. The van der Waals surface area contributed by atoms with Gasteiger partial charge in [-0.2, -0.15) is 0 Å². The Kier molecular flexibility index (Phi) is 19.0. The third kappa shape index (κ3) is 16.1. The van der Waals surface area contributed by atoms with E-state index in [1.165, 1.54) is 11.1 Å². The van der Waals surface area contributed by atoms with Gasteiger partial charge in [0.25, 0.3) is 0 Å². The fourth-order valence-corrected chi connectivity index (χ4v) is 4.06. The van der Waals surface area contributed by atoms with Crippen molar-refractivity contribution in [3.05, 3.63) is 58.7 Å². The van der Waals surface area contributed by atoms with Crippen molar-refractivity contribution in [3.63, 3.8) is 0 Å². The number of carbonyl (C=O) groups is 2. The maximum absolute atomic E-state index is 10.2. The largest absolute Gasteiger partial charge is 2.00 e. The van der Waals surface area contributed by atoms with Crippen LogP contribution in [0, 0.1) is 0 Å². The van der Waals surface area contributed by atoms with E-state index in [2.05, 4.69) is 13.8 Å². The molecular weight excluding hydrogens is 555 g/mol. The number of hydrogen-bond donors (Lipinski definition) is 2. The number of phenolic OH excluding ortho intramolecular Hbond substituents is 2. The van der Waals surface area contributed by atoms with Crippen molar-refractivity contribution in [2.24, 2.45) is 9.98 Å². The van der Waals surface area contributed by atoms with E-state index in [1.807, 2.05) is 36.7 Å². The number of carboxylic acid groups (broad SMARTS) is 2. The number of carbonyl (C=O) groups excluding carboxylic acids is 2. The van der Waals surface area contributed by atoms with Crippen molar-refractivity contribution < 1.29 is 46.8 Å². The van der Waals surface area contributed by atoms with Crippen LogP contribution in [0.15, 0.2) is 46.4 Å². The number of aliphatic carboxylic acids is 2. The zero-order valence-electron chi connectivity index (χ0n) is 23.9. The van der Waals surface area contributed by atoms with Gasteiger partial charge in [0.2, 0.25) is 0 Å². The maximum atomic E-state index is 10.2. The molecular formula is C31H42CoN2O6. The summed E-state index contributed by atoms with van der Waals surface area (Å²) in [6.45, 7) is 6.32. The first-order chi connectivity index (χ1) is 18.5. The number of nitrogens with zero attached hydrogens (tertiary/aromatic N) is 2. The van der Waals surface area contributed by atoms with Crippen LogP contribution in [0.3, 0.4) is 0 Å². The van der Waals surface area contributed by atoms with Crippen LogP contribution in [-0.4, -0.2) is 46.7 Å². The SMILES string of the molecule is CC(=O)[O-].CC(=O)[O-].CCCCc1ccc(O)c(C=NC2CCC(N=Cc3cc(CCCC)ccc3O)C2)c1.[Co+2]. The molecule has 2 N–H and O–H groups in total. The fourth-order valence-electron chi connectivity index (χ4n) is 4.06. The fraction of sp³-hybridized carbons (Fsp3) is 0.484. The monoisotopic (exact) mass is 597 g/mol. The Bertz CT molecular complexity index is 1010. The van der Waals surface area contributed by atoms with Gasteiger partial charge in [-0.25, -0.2) is 0 Å². The third-order valence-corrected chi connectivity index (χ3v) is 6.05. The molecule has 0 aromatic heterocycles.